The van der Waals surface area contributed by atoms with Crippen LogP contribution in [0.4, 0.5) is 0 Å². The predicted octanol–water partition coefficient (Wildman–Crippen LogP) is 3.18. The number of hydrogen-bond donors (Lipinski definition) is 0. The summed E-state index contributed by atoms with van der Waals surface area (Å²) in [6, 6.07) is 7.36. The highest BCUT2D eigenvalue weighted by molar-refractivity contribution is 5.94. The summed E-state index contributed by atoms with van der Waals surface area (Å²) in [6.45, 7) is 0.735. The van der Waals surface area contributed by atoms with Gasteiger partial charge in [0.2, 0.25) is 5.89 Å². The van der Waals surface area contributed by atoms with Gasteiger partial charge >= 0.3 is 5.97 Å². The summed E-state index contributed by atoms with van der Waals surface area (Å²) in [5.41, 5.74) is 1.33. The van der Waals surface area contributed by atoms with Crippen LogP contribution in [0.3, 0.4) is 0 Å². The molecule has 0 spiro atoms. The van der Waals surface area contributed by atoms with Gasteiger partial charge in [-0.1, -0.05) is 12.1 Å². The maximum Gasteiger partial charge on any atom is 0.331 e. The Morgan fingerprint density at radius 1 is 1.29 bits per heavy atom. The Bertz CT molecular complexity index is 685. The van der Waals surface area contributed by atoms with E-state index in [9.17, 15) is 4.79 Å². The van der Waals surface area contributed by atoms with E-state index in [1.807, 2.05) is 24.3 Å². The van der Waals surface area contributed by atoms with E-state index in [1.54, 1.807) is 0 Å². The Hall–Kier alpha value is -2.60. The molecule has 1 unspecified atom stereocenters. The molecule has 1 saturated heterocycles. The van der Waals surface area contributed by atoms with Crippen LogP contribution in [0, 0.1) is 0 Å². The van der Waals surface area contributed by atoms with Crippen molar-refractivity contribution in [1.82, 2.24) is 4.98 Å². The fourth-order valence-corrected chi connectivity index (χ4v) is 2.47. The van der Waals surface area contributed by atoms with Crippen molar-refractivity contribution < 1.29 is 23.4 Å². The van der Waals surface area contributed by atoms with Crippen LogP contribution in [-0.4, -0.2) is 31.0 Å². The van der Waals surface area contributed by atoms with Crippen molar-refractivity contribution in [3.63, 3.8) is 0 Å². The van der Waals surface area contributed by atoms with E-state index in [2.05, 4.69) is 4.98 Å². The monoisotopic (exact) mass is 329 g/mol. The quantitative estimate of drug-likeness (QED) is 0.620. The van der Waals surface area contributed by atoms with Gasteiger partial charge in [-0.15, -0.1) is 0 Å². The molecule has 2 heterocycles. The fourth-order valence-electron chi connectivity index (χ4n) is 2.47. The largest absolute Gasteiger partial charge is 0.466 e. The first-order valence-electron chi connectivity index (χ1n) is 7.84. The lowest BCUT2D eigenvalue weighted by molar-refractivity contribution is -0.134. The second-order valence-electron chi connectivity index (χ2n) is 5.36. The summed E-state index contributed by atoms with van der Waals surface area (Å²) in [7, 11) is 1.33. The number of methoxy groups -OCH3 is 1. The Morgan fingerprint density at radius 3 is 2.75 bits per heavy atom. The lowest BCUT2D eigenvalue weighted by atomic mass is 10.1. The van der Waals surface area contributed by atoms with E-state index in [0.29, 0.717) is 11.5 Å². The molecule has 1 aliphatic rings. The molecule has 1 fully saturated rings. The molecule has 3 rings (SSSR count). The zero-order valence-corrected chi connectivity index (χ0v) is 13.4. The number of nitrogens with zero attached hydrogens (tertiary/aromatic N) is 1. The summed E-state index contributed by atoms with van der Waals surface area (Å²) in [5, 5.41) is 0. The van der Waals surface area contributed by atoms with Crippen molar-refractivity contribution in [1.29, 1.82) is 0 Å². The van der Waals surface area contributed by atoms with Gasteiger partial charge < -0.3 is 18.6 Å². The van der Waals surface area contributed by atoms with Gasteiger partial charge in [-0.2, -0.15) is 0 Å². The summed E-state index contributed by atoms with van der Waals surface area (Å²) in [6.07, 6.45) is 7.23. The van der Waals surface area contributed by atoms with E-state index < -0.39 is 5.97 Å². The Labute approximate surface area is 140 Å². The lowest BCUT2D eigenvalue weighted by Gasteiger charge is -2.23. The standard InChI is InChI=1S/C18H19NO5/c1-21-16(20)12-15(18-19-9-11-23-18)13-5-7-14(8-6-13)24-17-4-2-3-10-22-17/h5-9,11-12,17H,2-4,10H2,1H3/b15-12-. The fraction of sp³-hybridized carbons (Fsp3) is 0.333. The van der Waals surface area contributed by atoms with Crippen LogP contribution in [0.25, 0.3) is 5.57 Å². The van der Waals surface area contributed by atoms with Crippen LogP contribution in [0.15, 0.2) is 47.2 Å². The van der Waals surface area contributed by atoms with Gasteiger partial charge in [-0.3, -0.25) is 0 Å². The smallest absolute Gasteiger partial charge is 0.331 e. The molecule has 1 aromatic heterocycles. The Balaban J connectivity index is 1.78. The van der Waals surface area contributed by atoms with Crippen LogP contribution < -0.4 is 4.74 Å². The van der Waals surface area contributed by atoms with E-state index in [1.165, 1.54) is 25.6 Å². The topological polar surface area (TPSA) is 70.8 Å². The zero-order valence-electron chi connectivity index (χ0n) is 13.4. The maximum atomic E-state index is 11.6. The number of aromatic nitrogens is 1. The molecule has 1 aromatic carbocycles. The van der Waals surface area contributed by atoms with Gasteiger partial charge in [0.1, 0.15) is 12.0 Å². The number of oxazole rings is 1. The third kappa shape index (κ3) is 4.02. The Kier molecular flexibility index (Phi) is 5.28. The van der Waals surface area contributed by atoms with Crippen molar-refractivity contribution in [2.45, 2.75) is 25.6 Å². The summed E-state index contributed by atoms with van der Waals surface area (Å²) < 4.78 is 21.4. The number of hydrogen-bond acceptors (Lipinski definition) is 6. The summed E-state index contributed by atoms with van der Waals surface area (Å²) in [4.78, 5) is 15.7. The highest BCUT2D eigenvalue weighted by atomic mass is 16.7. The third-order valence-electron chi connectivity index (χ3n) is 3.70. The van der Waals surface area contributed by atoms with E-state index in [-0.39, 0.29) is 6.29 Å². The van der Waals surface area contributed by atoms with E-state index in [0.717, 1.165) is 37.2 Å². The molecular formula is C18H19NO5. The molecule has 1 atom stereocenters. The molecule has 0 amide bonds. The maximum absolute atomic E-state index is 11.6. The van der Waals surface area contributed by atoms with Crippen molar-refractivity contribution in [2.75, 3.05) is 13.7 Å². The van der Waals surface area contributed by atoms with Gasteiger partial charge in [0.15, 0.2) is 6.29 Å². The molecule has 126 valence electrons. The summed E-state index contributed by atoms with van der Waals surface area (Å²) >= 11 is 0. The van der Waals surface area contributed by atoms with Crippen LogP contribution in [0.5, 0.6) is 5.75 Å². The first-order chi connectivity index (χ1) is 11.8. The number of rotatable bonds is 5. The first kappa shape index (κ1) is 16.3. The number of esters is 1. The van der Waals surface area contributed by atoms with Gasteiger partial charge in [0, 0.05) is 12.5 Å². The minimum absolute atomic E-state index is 0.193. The van der Waals surface area contributed by atoms with Crippen molar-refractivity contribution in [2.24, 2.45) is 0 Å². The zero-order chi connectivity index (χ0) is 16.8. The lowest BCUT2D eigenvalue weighted by Crippen LogP contribution is -2.24. The van der Waals surface area contributed by atoms with Crippen LogP contribution in [-0.2, 0) is 14.3 Å². The average molecular weight is 329 g/mol. The van der Waals surface area contributed by atoms with Crippen LogP contribution in [0.1, 0.15) is 30.7 Å². The third-order valence-corrected chi connectivity index (χ3v) is 3.70. The van der Waals surface area contributed by atoms with Gasteiger partial charge in [0.05, 0.1) is 25.5 Å². The van der Waals surface area contributed by atoms with Crippen LogP contribution >= 0.6 is 0 Å². The second kappa shape index (κ2) is 7.79. The summed E-state index contributed by atoms with van der Waals surface area (Å²) in [5.74, 6) is 0.597. The van der Waals surface area contributed by atoms with Gasteiger partial charge in [-0.05, 0) is 30.5 Å². The molecule has 6 heteroatoms. The van der Waals surface area contributed by atoms with Crippen molar-refractivity contribution in [3.05, 3.63) is 54.3 Å². The van der Waals surface area contributed by atoms with E-state index >= 15 is 0 Å². The number of ether oxygens (including phenoxy) is 3. The van der Waals surface area contributed by atoms with Gasteiger partial charge in [0.25, 0.3) is 0 Å². The second-order valence-corrected chi connectivity index (χ2v) is 5.36. The SMILES string of the molecule is COC(=O)/C=C(/c1ccc(OC2CCCCO2)cc1)c1ncco1. The van der Waals surface area contributed by atoms with Crippen molar-refractivity contribution >= 4 is 11.5 Å². The minimum Gasteiger partial charge on any atom is -0.466 e. The van der Waals surface area contributed by atoms with Crippen LogP contribution in [0.2, 0.25) is 0 Å². The van der Waals surface area contributed by atoms with Gasteiger partial charge in [-0.25, -0.2) is 9.78 Å². The molecule has 6 nitrogen and oxygen atoms in total. The average Bonchev–Trinajstić information content (AvgIpc) is 3.15. The molecule has 2 aromatic rings. The van der Waals surface area contributed by atoms with E-state index in [4.69, 9.17) is 18.6 Å². The molecule has 0 saturated carbocycles. The Morgan fingerprint density at radius 2 is 2.12 bits per heavy atom. The molecule has 24 heavy (non-hydrogen) atoms. The highest BCUT2D eigenvalue weighted by Crippen LogP contribution is 2.26. The molecule has 0 bridgehead atoms. The number of benzene rings is 1. The predicted molar refractivity (Wildman–Crippen MR) is 86.3 cm³/mol. The highest BCUT2D eigenvalue weighted by Gasteiger charge is 2.16. The number of carbonyl (C=O) groups is 1. The molecular weight excluding hydrogens is 310 g/mol. The van der Waals surface area contributed by atoms with Crippen molar-refractivity contribution in [3.8, 4) is 5.75 Å². The molecule has 0 N–H and O–H groups in total. The minimum atomic E-state index is -0.473. The number of carbonyl (C=O) groups excluding carboxylic acids is 1. The normalized spacial score (nSPS) is 18.2. The molecule has 0 radical (unpaired) electrons. The molecule has 0 aliphatic carbocycles. The molecule has 1 aliphatic heterocycles. The first-order valence-corrected chi connectivity index (χ1v) is 7.84.